The minimum absolute atomic E-state index is 0.239. The van der Waals surface area contributed by atoms with Crippen molar-refractivity contribution in [3.8, 4) is 0 Å². The average molecular weight is 320 g/mol. The maximum atomic E-state index is 12.1. The Morgan fingerprint density at radius 2 is 2.05 bits per heavy atom. The molecule has 0 saturated heterocycles. The number of benzene rings is 1. The molecule has 6 nitrogen and oxygen atoms in total. The molecular formula is C15H16N2O4S. The third-order valence-electron chi connectivity index (χ3n) is 3.65. The summed E-state index contributed by atoms with van der Waals surface area (Å²) < 4.78 is 30.2. The van der Waals surface area contributed by atoms with Crippen LogP contribution in [0.25, 0.3) is 0 Å². The Balaban J connectivity index is 1.90. The summed E-state index contributed by atoms with van der Waals surface area (Å²) in [5.74, 6) is -0.0689. The molecule has 1 N–H and O–H groups in total. The SMILES string of the molecule is CS(=O)(=O)N1CCC(NC(=O)c2ccco2)c2ccccc21. The first kappa shape index (κ1) is 14.6. The molecule has 1 atom stereocenters. The molecule has 0 saturated carbocycles. The smallest absolute Gasteiger partial charge is 0.287 e. The molecule has 2 heterocycles. The van der Waals surface area contributed by atoms with Crippen LogP contribution in [0.4, 0.5) is 5.69 Å². The molecule has 1 unspecified atom stereocenters. The number of rotatable bonds is 3. The lowest BCUT2D eigenvalue weighted by molar-refractivity contribution is 0.0906. The minimum Gasteiger partial charge on any atom is -0.459 e. The van der Waals surface area contributed by atoms with Gasteiger partial charge in [-0.2, -0.15) is 0 Å². The second kappa shape index (κ2) is 5.49. The van der Waals surface area contributed by atoms with Crippen LogP contribution < -0.4 is 9.62 Å². The third-order valence-corrected chi connectivity index (χ3v) is 4.83. The highest BCUT2D eigenvalue weighted by molar-refractivity contribution is 7.92. The van der Waals surface area contributed by atoms with Crippen LogP contribution in [0.2, 0.25) is 0 Å². The van der Waals surface area contributed by atoms with Gasteiger partial charge in [0, 0.05) is 6.54 Å². The number of sulfonamides is 1. The van der Waals surface area contributed by atoms with Crippen molar-refractivity contribution < 1.29 is 17.6 Å². The van der Waals surface area contributed by atoms with E-state index in [4.69, 9.17) is 4.42 Å². The van der Waals surface area contributed by atoms with Crippen LogP contribution in [0.1, 0.15) is 28.6 Å². The number of fused-ring (bicyclic) bond motifs is 1. The molecule has 2 aromatic rings. The molecule has 116 valence electrons. The largest absolute Gasteiger partial charge is 0.459 e. The summed E-state index contributed by atoms with van der Waals surface area (Å²) in [6.45, 7) is 0.332. The zero-order valence-corrected chi connectivity index (χ0v) is 12.8. The lowest BCUT2D eigenvalue weighted by Crippen LogP contribution is -2.40. The molecule has 1 aromatic heterocycles. The normalized spacial score (nSPS) is 17.9. The molecule has 22 heavy (non-hydrogen) atoms. The maximum Gasteiger partial charge on any atom is 0.287 e. The molecule has 0 fully saturated rings. The third kappa shape index (κ3) is 2.71. The van der Waals surface area contributed by atoms with E-state index in [9.17, 15) is 13.2 Å². The quantitative estimate of drug-likeness (QED) is 0.937. The molecular weight excluding hydrogens is 304 g/mol. The highest BCUT2D eigenvalue weighted by atomic mass is 32.2. The zero-order chi connectivity index (χ0) is 15.7. The van der Waals surface area contributed by atoms with Gasteiger partial charge >= 0.3 is 0 Å². The number of hydrogen-bond donors (Lipinski definition) is 1. The summed E-state index contributed by atoms with van der Waals surface area (Å²) in [4.78, 5) is 12.1. The van der Waals surface area contributed by atoms with Crippen molar-refractivity contribution in [3.63, 3.8) is 0 Å². The van der Waals surface area contributed by atoms with Gasteiger partial charge in [0.15, 0.2) is 5.76 Å². The fourth-order valence-electron chi connectivity index (χ4n) is 2.66. The van der Waals surface area contributed by atoms with Crippen LogP contribution >= 0.6 is 0 Å². The van der Waals surface area contributed by atoms with E-state index in [0.29, 0.717) is 18.7 Å². The summed E-state index contributed by atoms with van der Waals surface area (Å²) in [5, 5.41) is 2.90. The summed E-state index contributed by atoms with van der Waals surface area (Å²) in [6.07, 6.45) is 3.14. The molecule has 7 heteroatoms. The predicted molar refractivity (Wildman–Crippen MR) is 82.2 cm³/mol. The number of anilines is 1. The number of nitrogens with one attached hydrogen (secondary N) is 1. The fourth-order valence-corrected chi connectivity index (χ4v) is 3.62. The lowest BCUT2D eigenvalue weighted by atomic mass is 9.98. The van der Waals surface area contributed by atoms with E-state index in [1.165, 1.54) is 16.8 Å². The topological polar surface area (TPSA) is 79.6 Å². The molecule has 0 aliphatic carbocycles. The Morgan fingerprint density at radius 1 is 1.27 bits per heavy atom. The number of nitrogens with zero attached hydrogens (tertiary/aromatic N) is 1. The second-order valence-electron chi connectivity index (χ2n) is 5.19. The highest BCUT2D eigenvalue weighted by Gasteiger charge is 2.30. The van der Waals surface area contributed by atoms with E-state index in [2.05, 4.69) is 5.32 Å². The molecule has 1 amide bonds. The second-order valence-corrected chi connectivity index (χ2v) is 7.09. The van der Waals surface area contributed by atoms with Crippen LogP contribution in [0.5, 0.6) is 0 Å². The molecule has 0 radical (unpaired) electrons. The first-order chi connectivity index (χ1) is 10.5. The van der Waals surface area contributed by atoms with E-state index in [1.54, 1.807) is 24.3 Å². The number of carbonyl (C=O) groups is 1. The van der Waals surface area contributed by atoms with Crippen molar-refractivity contribution >= 4 is 21.6 Å². The molecule has 0 spiro atoms. The van der Waals surface area contributed by atoms with Crippen molar-refractivity contribution in [2.45, 2.75) is 12.5 Å². The van der Waals surface area contributed by atoms with Crippen LogP contribution in [0.3, 0.4) is 0 Å². The van der Waals surface area contributed by atoms with Gasteiger partial charge in [-0.05, 0) is 30.2 Å². The Labute approximate surface area is 128 Å². The number of furan rings is 1. The van der Waals surface area contributed by atoms with Crippen LogP contribution in [0, 0.1) is 0 Å². The minimum atomic E-state index is -3.33. The van der Waals surface area contributed by atoms with E-state index in [0.717, 1.165) is 5.56 Å². The van der Waals surface area contributed by atoms with E-state index < -0.39 is 10.0 Å². The fraction of sp³-hybridized carbons (Fsp3) is 0.267. The average Bonchev–Trinajstić information content (AvgIpc) is 3.00. The monoisotopic (exact) mass is 320 g/mol. The Kier molecular flexibility index (Phi) is 3.66. The molecule has 1 aliphatic rings. The van der Waals surface area contributed by atoms with Crippen LogP contribution in [0.15, 0.2) is 47.1 Å². The van der Waals surface area contributed by atoms with E-state index in [-0.39, 0.29) is 17.7 Å². The van der Waals surface area contributed by atoms with Crippen molar-refractivity contribution in [1.82, 2.24) is 5.32 Å². The number of para-hydroxylation sites is 1. The van der Waals surface area contributed by atoms with Gasteiger partial charge in [0.05, 0.1) is 24.2 Å². The summed E-state index contributed by atoms with van der Waals surface area (Å²) >= 11 is 0. The van der Waals surface area contributed by atoms with Crippen LogP contribution in [-0.4, -0.2) is 27.1 Å². The molecule has 1 aliphatic heterocycles. The van der Waals surface area contributed by atoms with Crippen LogP contribution in [-0.2, 0) is 10.0 Å². The molecule has 0 bridgehead atoms. The maximum absolute atomic E-state index is 12.1. The van der Waals surface area contributed by atoms with Gasteiger partial charge in [-0.15, -0.1) is 0 Å². The first-order valence-electron chi connectivity index (χ1n) is 6.88. The Morgan fingerprint density at radius 3 is 2.73 bits per heavy atom. The van der Waals surface area contributed by atoms with E-state index in [1.807, 2.05) is 12.1 Å². The number of amides is 1. The Bertz CT molecular complexity index is 784. The van der Waals surface area contributed by atoms with Gasteiger partial charge < -0.3 is 9.73 Å². The van der Waals surface area contributed by atoms with E-state index >= 15 is 0 Å². The predicted octanol–water partition coefficient (Wildman–Crippen LogP) is 1.92. The first-order valence-corrected chi connectivity index (χ1v) is 8.72. The summed E-state index contributed by atoms with van der Waals surface area (Å²) in [6, 6.07) is 10.2. The van der Waals surface area contributed by atoms with Crippen molar-refractivity contribution in [1.29, 1.82) is 0 Å². The highest BCUT2D eigenvalue weighted by Crippen LogP contribution is 2.35. The van der Waals surface area contributed by atoms with Gasteiger partial charge in [0.2, 0.25) is 10.0 Å². The molecule has 3 rings (SSSR count). The molecule has 1 aromatic carbocycles. The van der Waals surface area contributed by atoms with Crippen molar-refractivity contribution in [2.24, 2.45) is 0 Å². The zero-order valence-electron chi connectivity index (χ0n) is 12.0. The lowest BCUT2D eigenvalue weighted by Gasteiger charge is -2.34. The van der Waals surface area contributed by atoms with Gasteiger partial charge in [-0.25, -0.2) is 8.42 Å². The standard InChI is InChI=1S/C15H16N2O4S/c1-22(19,20)17-9-8-12(11-5-2-3-6-13(11)17)16-15(18)14-7-4-10-21-14/h2-7,10,12H,8-9H2,1H3,(H,16,18). The van der Waals surface area contributed by atoms with Gasteiger partial charge in [-0.3, -0.25) is 9.10 Å². The summed E-state index contributed by atoms with van der Waals surface area (Å²) in [5.41, 5.74) is 1.40. The van der Waals surface area contributed by atoms with Gasteiger partial charge in [-0.1, -0.05) is 18.2 Å². The van der Waals surface area contributed by atoms with Gasteiger partial charge in [0.25, 0.3) is 5.91 Å². The van der Waals surface area contributed by atoms with Crippen molar-refractivity contribution in [2.75, 3.05) is 17.1 Å². The summed E-state index contributed by atoms with van der Waals surface area (Å²) in [7, 11) is -3.33. The Hall–Kier alpha value is -2.28. The number of carbonyl (C=O) groups excluding carboxylic acids is 1. The van der Waals surface area contributed by atoms with Gasteiger partial charge in [0.1, 0.15) is 0 Å². The van der Waals surface area contributed by atoms with Crippen molar-refractivity contribution in [3.05, 3.63) is 54.0 Å². The number of hydrogen-bond acceptors (Lipinski definition) is 4.